The normalized spacial score (nSPS) is 11.1. The molecule has 12 heteroatoms. The van der Waals surface area contributed by atoms with E-state index in [0.29, 0.717) is 11.5 Å². The van der Waals surface area contributed by atoms with E-state index in [0.717, 1.165) is 56.0 Å². The molecule has 37 heavy (non-hydrogen) atoms. The van der Waals surface area contributed by atoms with Crippen molar-refractivity contribution in [2.75, 3.05) is 14.2 Å². The molecule has 0 atom stereocenters. The van der Waals surface area contributed by atoms with E-state index < -0.39 is 21.2 Å². The molecule has 1 N–H and O–H groups in total. The summed E-state index contributed by atoms with van der Waals surface area (Å²) in [5.41, 5.74) is 3.50. The van der Waals surface area contributed by atoms with Gasteiger partial charge >= 0.3 is 5.69 Å². The number of nitro benzene ring substituents is 2. The molecular weight excluding hydrogens is 548 g/mol. The number of hydrogen-bond donors (Lipinski definition) is 1. The quantitative estimate of drug-likeness (QED) is 0.141. The summed E-state index contributed by atoms with van der Waals surface area (Å²) in [6, 6.07) is 12.8. The van der Waals surface area contributed by atoms with Crippen molar-refractivity contribution in [1.82, 2.24) is 4.98 Å². The van der Waals surface area contributed by atoms with Crippen molar-refractivity contribution in [2.24, 2.45) is 5.16 Å². The lowest BCUT2D eigenvalue weighted by atomic mass is 9.99. The molecule has 0 radical (unpaired) electrons. The van der Waals surface area contributed by atoms with Gasteiger partial charge in [-0.05, 0) is 30.7 Å². The van der Waals surface area contributed by atoms with Crippen LogP contribution in [0.3, 0.4) is 0 Å². The van der Waals surface area contributed by atoms with Gasteiger partial charge in [-0.25, -0.2) is 0 Å². The molecule has 0 saturated carbocycles. The number of benzene rings is 3. The predicted octanol–water partition coefficient (Wildman–Crippen LogP) is 6.35. The molecule has 0 saturated heterocycles. The molecule has 0 bridgehead atoms. The fraction of sp³-hybridized carbons (Fsp3) is 0.160. The minimum atomic E-state index is -0.765. The number of aromatic nitrogens is 1. The van der Waals surface area contributed by atoms with Gasteiger partial charge < -0.3 is 19.3 Å². The van der Waals surface area contributed by atoms with Gasteiger partial charge in [0.25, 0.3) is 5.69 Å². The Morgan fingerprint density at radius 3 is 2.30 bits per heavy atom. The molecule has 1 aromatic heterocycles. The molecule has 1 heterocycles. The fourth-order valence-electron chi connectivity index (χ4n) is 4.08. The first-order chi connectivity index (χ1) is 17.7. The Morgan fingerprint density at radius 2 is 1.68 bits per heavy atom. The van der Waals surface area contributed by atoms with E-state index in [2.05, 4.69) is 26.1 Å². The van der Waals surface area contributed by atoms with E-state index in [1.165, 1.54) is 6.21 Å². The van der Waals surface area contributed by atoms with Crippen molar-refractivity contribution in [3.05, 3.63) is 84.5 Å². The Hall–Kier alpha value is -4.45. The topological polar surface area (TPSA) is 142 Å². The minimum absolute atomic E-state index is 0.216. The molecule has 0 unspecified atom stereocenters. The number of aromatic amines is 1. The highest BCUT2D eigenvalue weighted by Gasteiger charge is 2.22. The van der Waals surface area contributed by atoms with Gasteiger partial charge in [0.05, 0.1) is 41.0 Å². The number of non-ortho nitro benzene ring substituents is 1. The molecule has 190 valence electrons. The maximum Gasteiger partial charge on any atom is 0.321 e. The van der Waals surface area contributed by atoms with E-state index in [4.69, 9.17) is 14.3 Å². The summed E-state index contributed by atoms with van der Waals surface area (Å²) >= 11 is 3.47. The van der Waals surface area contributed by atoms with Crippen LogP contribution >= 0.6 is 15.9 Å². The number of aryl methyl sites for hydroxylation is 1. The van der Waals surface area contributed by atoms with Gasteiger partial charge in [0, 0.05) is 46.1 Å². The van der Waals surface area contributed by atoms with Crippen molar-refractivity contribution in [1.29, 1.82) is 0 Å². The zero-order valence-corrected chi connectivity index (χ0v) is 21.6. The lowest BCUT2D eigenvalue weighted by molar-refractivity contribution is -0.394. The summed E-state index contributed by atoms with van der Waals surface area (Å²) in [5, 5.41) is 27.0. The summed E-state index contributed by atoms with van der Waals surface area (Å²) < 4.78 is 12.3. The molecule has 3 aromatic carbocycles. The van der Waals surface area contributed by atoms with Crippen LogP contribution < -0.4 is 14.3 Å². The van der Waals surface area contributed by atoms with E-state index in [1.54, 1.807) is 20.3 Å². The van der Waals surface area contributed by atoms with E-state index in [1.807, 2.05) is 31.2 Å². The van der Waals surface area contributed by atoms with Crippen LogP contribution in [0.2, 0.25) is 0 Å². The number of rotatable bonds is 9. The molecular formula is C25H21BrN4O7. The first-order valence-electron chi connectivity index (χ1n) is 10.9. The number of ether oxygens (including phenoxy) is 2. The van der Waals surface area contributed by atoms with Crippen molar-refractivity contribution in [3.63, 3.8) is 0 Å². The SMILES string of the molecule is COc1cc(OC)c2c(-c3ccc(Br)cc3)c(C)[nH]c2c1C/C=N\Oc1ccc([N+](=O)[O-])cc1[N+](=O)[O-]. The summed E-state index contributed by atoms with van der Waals surface area (Å²) in [4.78, 5) is 29.4. The van der Waals surface area contributed by atoms with Crippen LogP contribution in [0.25, 0.3) is 22.0 Å². The largest absolute Gasteiger partial charge is 0.496 e. The molecule has 0 aliphatic carbocycles. The predicted molar refractivity (Wildman–Crippen MR) is 142 cm³/mol. The van der Waals surface area contributed by atoms with Crippen LogP contribution in [0, 0.1) is 27.2 Å². The second-order valence-electron chi connectivity index (χ2n) is 7.89. The monoisotopic (exact) mass is 568 g/mol. The lowest BCUT2D eigenvalue weighted by Gasteiger charge is -2.13. The highest BCUT2D eigenvalue weighted by molar-refractivity contribution is 9.10. The van der Waals surface area contributed by atoms with Crippen LogP contribution in [0.1, 0.15) is 11.3 Å². The van der Waals surface area contributed by atoms with Gasteiger partial charge in [-0.2, -0.15) is 0 Å². The number of hydrogen-bond acceptors (Lipinski definition) is 8. The molecule has 4 aromatic rings. The zero-order valence-electron chi connectivity index (χ0n) is 20.0. The van der Waals surface area contributed by atoms with Crippen molar-refractivity contribution in [3.8, 4) is 28.4 Å². The zero-order chi connectivity index (χ0) is 26.7. The average Bonchev–Trinajstić information content (AvgIpc) is 3.23. The number of fused-ring (bicyclic) bond motifs is 1. The Morgan fingerprint density at radius 1 is 0.973 bits per heavy atom. The summed E-state index contributed by atoms with van der Waals surface area (Å²) in [5.74, 6) is 0.972. The van der Waals surface area contributed by atoms with Crippen molar-refractivity contribution >= 4 is 44.4 Å². The van der Waals surface area contributed by atoms with Crippen LogP contribution in [0.4, 0.5) is 11.4 Å². The van der Waals surface area contributed by atoms with E-state index in [-0.39, 0.29) is 12.2 Å². The summed E-state index contributed by atoms with van der Waals surface area (Å²) in [6.07, 6.45) is 1.69. The third-order valence-electron chi connectivity index (χ3n) is 5.74. The number of nitrogens with one attached hydrogen (secondary N) is 1. The molecule has 0 spiro atoms. The van der Waals surface area contributed by atoms with Crippen LogP contribution in [-0.2, 0) is 6.42 Å². The van der Waals surface area contributed by atoms with Crippen molar-refractivity contribution in [2.45, 2.75) is 13.3 Å². The van der Waals surface area contributed by atoms with Gasteiger partial charge in [-0.3, -0.25) is 20.2 Å². The second-order valence-corrected chi connectivity index (χ2v) is 8.81. The Labute approximate surface area is 219 Å². The van der Waals surface area contributed by atoms with Gasteiger partial charge in [0.2, 0.25) is 5.75 Å². The number of nitro groups is 2. The third-order valence-corrected chi connectivity index (χ3v) is 6.27. The smallest absolute Gasteiger partial charge is 0.321 e. The minimum Gasteiger partial charge on any atom is -0.496 e. The number of halogens is 1. The van der Waals surface area contributed by atoms with Crippen LogP contribution in [0.15, 0.2) is 58.2 Å². The summed E-state index contributed by atoms with van der Waals surface area (Å²) in [7, 11) is 3.14. The molecule has 4 rings (SSSR count). The van der Waals surface area contributed by atoms with Crippen molar-refractivity contribution < 1.29 is 24.2 Å². The highest BCUT2D eigenvalue weighted by atomic mass is 79.9. The highest BCUT2D eigenvalue weighted by Crippen LogP contribution is 2.43. The standard InChI is InChI=1S/C25H21BrN4O7/c1-14-23(15-4-6-16(26)7-5-15)24-22(36-3)13-21(35-2)18(25(24)28-14)10-11-27-37-20-9-8-17(29(31)32)12-19(20)30(33)34/h4-9,11-13,28H,10H2,1-3H3/b27-11-. The molecule has 11 nitrogen and oxygen atoms in total. The first-order valence-corrected chi connectivity index (χ1v) is 11.7. The number of nitrogens with zero attached hydrogens (tertiary/aromatic N) is 3. The molecule has 0 amide bonds. The Bertz CT molecular complexity index is 1530. The third kappa shape index (κ3) is 5.09. The molecule has 0 aliphatic heterocycles. The average molecular weight is 569 g/mol. The van der Waals surface area contributed by atoms with Crippen LogP contribution in [-0.4, -0.2) is 35.3 Å². The number of methoxy groups -OCH3 is 2. The lowest BCUT2D eigenvalue weighted by Crippen LogP contribution is -1.99. The maximum absolute atomic E-state index is 11.3. The van der Waals surface area contributed by atoms with Gasteiger partial charge in [-0.1, -0.05) is 33.2 Å². The van der Waals surface area contributed by atoms with E-state index in [9.17, 15) is 20.2 Å². The Kier molecular flexibility index (Phi) is 7.39. The second kappa shape index (κ2) is 10.7. The molecule has 0 fully saturated rings. The number of H-pyrrole nitrogens is 1. The molecule has 0 aliphatic rings. The fourth-order valence-corrected chi connectivity index (χ4v) is 4.35. The maximum atomic E-state index is 11.3. The first kappa shape index (κ1) is 25.6. The van der Waals surface area contributed by atoms with Gasteiger partial charge in [-0.15, -0.1) is 0 Å². The summed E-state index contributed by atoms with van der Waals surface area (Å²) in [6.45, 7) is 1.97. The van der Waals surface area contributed by atoms with E-state index >= 15 is 0 Å². The Balaban J connectivity index is 1.71. The van der Waals surface area contributed by atoms with Gasteiger partial charge in [0.1, 0.15) is 11.5 Å². The van der Waals surface area contributed by atoms with Crippen LogP contribution in [0.5, 0.6) is 17.2 Å². The number of oxime groups is 1. The van der Waals surface area contributed by atoms with Gasteiger partial charge in [0.15, 0.2) is 0 Å².